The molecule has 1 N–H and O–H groups in total. The maximum atomic E-state index is 5.94. The maximum Gasteiger partial charge on any atom is 0.209 e. The van der Waals surface area contributed by atoms with Crippen molar-refractivity contribution in [1.29, 1.82) is 0 Å². The average molecular weight is 308 g/mol. The van der Waals surface area contributed by atoms with Gasteiger partial charge in [-0.1, -0.05) is 36.8 Å². The lowest BCUT2D eigenvalue weighted by Gasteiger charge is -2.29. The number of aryl methyl sites for hydroxylation is 1. The molecular weight excluding hydrogens is 288 g/mol. The quantitative estimate of drug-likeness (QED) is 0.804. The van der Waals surface area contributed by atoms with Gasteiger partial charge in [0.15, 0.2) is 5.76 Å². The van der Waals surface area contributed by atoms with E-state index in [1.165, 1.54) is 16.8 Å². The molecule has 0 spiro atoms. The van der Waals surface area contributed by atoms with E-state index in [1.807, 2.05) is 12.4 Å². The maximum absolute atomic E-state index is 5.94. The minimum absolute atomic E-state index is 0.452. The molecule has 0 bridgehead atoms. The van der Waals surface area contributed by atoms with Crippen LogP contribution < -0.4 is 0 Å². The second-order valence-electron chi connectivity index (χ2n) is 6.36. The number of hydrogen-bond acceptors (Lipinski definition) is 4. The van der Waals surface area contributed by atoms with Gasteiger partial charge in [0.2, 0.25) is 5.89 Å². The number of nitrogens with zero attached hydrogens (tertiary/aromatic N) is 3. The Morgan fingerprint density at radius 1 is 1.26 bits per heavy atom. The number of benzene rings is 1. The molecule has 5 nitrogen and oxygen atoms in total. The summed E-state index contributed by atoms with van der Waals surface area (Å²) in [6.07, 6.45) is 3.74. The molecule has 0 aliphatic carbocycles. The predicted molar refractivity (Wildman–Crippen MR) is 87.8 cm³/mol. The van der Waals surface area contributed by atoms with Crippen molar-refractivity contribution >= 4 is 0 Å². The van der Waals surface area contributed by atoms with Crippen molar-refractivity contribution in [3.8, 4) is 11.3 Å². The largest absolute Gasteiger partial charge is 0.439 e. The SMILES string of the molecule is Cc1ccc(-c2cnc(CN3Cc4cn[nH]c4C(C)C3)o2)cc1. The Labute approximate surface area is 135 Å². The van der Waals surface area contributed by atoms with Crippen LogP contribution in [0.4, 0.5) is 0 Å². The van der Waals surface area contributed by atoms with Crippen LogP contribution in [0.25, 0.3) is 11.3 Å². The van der Waals surface area contributed by atoms with Crippen molar-refractivity contribution in [3.05, 3.63) is 59.4 Å². The van der Waals surface area contributed by atoms with Gasteiger partial charge in [-0.05, 0) is 6.92 Å². The molecule has 4 rings (SSSR count). The summed E-state index contributed by atoms with van der Waals surface area (Å²) in [4.78, 5) is 6.80. The molecule has 118 valence electrons. The summed E-state index contributed by atoms with van der Waals surface area (Å²) in [7, 11) is 0. The lowest BCUT2D eigenvalue weighted by molar-refractivity contribution is 0.205. The van der Waals surface area contributed by atoms with Crippen molar-refractivity contribution in [2.75, 3.05) is 6.54 Å². The van der Waals surface area contributed by atoms with Crippen LogP contribution >= 0.6 is 0 Å². The van der Waals surface area contributed by atoms with E-state index in [2.05, 4.69) is 58.2 Å². The van der Waals surface area contributed by atoms with Crippen LogP contribution in [0.1, 0.15) is 35.6 Å². The highest BCUT2D eigenvalue weighted by Gasteiger charge is 2.24. The molecule has 3 aromatic rings. The highest BCUT2D eigenvalue weighted by atomic mass is 16.4. The number of rotatable bonds is 3. The van der Waals surface area contributed by atoms with Gasteiger partial charge in [0.25, 0.3) is 0 Å². The van der Waals surface area contributed by atoms with E-state index in [9.17, 15) is 0 Å². The van der Waals surface area contributed by atoms with Crippen molar-refractivity contribution in [2.45, 2.75) is 32.9 Å². The Morgan fingerprint density at radius 3 is 2.91 bits per heavy atom. The zero-order valence-electron chi connectivity index (χ0n) is 13.4. The third-order valence-electron chi connectivity index (χ3n) is 4.42. The third kappa shape index (κ3) is 2.80. The van der Waals surface area contributed by atoms with Gasteiger partial charge in [-0.2, -0.15) is 5.10 Å². The fourth-order valence-electron chi connectivity index (χ4n) is 3.20. The average Bonchev–Trinajstić information content (AvgIpc) is 3.17. The molecule has 0 saturated carbocycles. The third-order valence-corrected chi connectivity index (χ3v) is 4.42. The summed E-state index contributed by atoms with van der Waals surface area (Å²) < 4.78 is 5.94. The minimum Gasteiger partial charge on any atom is -0.439 e. The van der Waals surface area contributed by atoms with Crippen LogP contribution in [0.15, 0.2) is 41.1 Å². The molecule has 0 radical (unpaired) electrons. The van der Waals surface area contributed by atoms with E-state index in [1.54, 1.807) is 0 Å². The molecule has 1 atom stereocenters. The Balaban J connectivity index is 1.49. The minimum atomic E-state index is 0.452. The molecule has 1 aliphatic heterocycles. The van der Waals surface area contributed by atoms with Crippen molar-refractivity contribution in [1.82, 2.24) is 20.1 Å². The van der Waals surface area contributed by atoms with Crippen LogP contribution in [0.2, 0.25) is 0 Å². The molecule has 2 aromatic heterocycles. The molecule has 1 unspecified atom stereocenters. The number of aromatic amines is 1. The smallest absolute Gasteiger partial charge is 0.209 e. The number of fused-ring (bicyclic) bond motifs is 1. The van der Waals surface area contributed by atoms with Gasteiger partial charge in [-0.25, -0.2) is 4.98 Å². The molecule has 0 amide bonds. The topological polar surface area (TPSA) is 58.0 Å². The van der Waals surface area contributed by atoms with E-state index in [0.29, 0.717) is 5.92 Å². The highest BCUT2D eigenvalue weighted by Crippen LogP contribution is 2.27. The first kappa shape index (κ1) is 14.2. The van der Waals surface area contributed by atoms with Crippen molar-refractivity contribution in [2.24, 2.45) is 0 Å². The Kier molecular flexibility index (Phi) is 3.50. The molecule has 0 fully saturated rings. The highest BCUT2D eigenvalue weighted by molar-refractivity contribution is 5.56. The van der Waals surface area contributed by atoms with Gasteiger partial charge in [0.05, 0.1) is 18.9 Å². The summed E-state index contributed by atoms with van der Waals surface area (Å²) in [6, 6.07) is 8.31. The van der Waals surface area contributed by atoms with Gasteiger partial charge in [0, 0.05) is 35.8 Å². The fraction of sp³-hybridized carbons (Fsp3) is 0.333. The molecule has 3 heterocycles. The Morgan fingerprint density at radius 2 is 2.09 bits per heavy atom. The predicted octanol–water partition coefficient (Wildman–Crippen LogP) is 3.49. The molecule has 5 heteroatoms. The number of oxazole rings is 1. The number of aromatic nitrogens is 3. The van der Waals surface area contributed by atoms with Crippen molar-refractivity contribution in [3.63, 3.8) is 0 Å². The van der Waals surface area contributed by atoms with Gasteiger partial charge in [0.1, 0.15) is 0 Å². The van der Waals surface area contributed by atoms with Crippen LogP contribution in [0.3, 0.4) is 0 Å². The second-order valence-corrected chi connectivity index (χ2v) is 6.36. The lowest BCUT2D eigenvalue weighted by Crippen LogP contribution is -2.32. The second kappa shape index (κ2) is 5.66. The summed E-state index contributed by atoms with van der Waals surface area (Å²) in [5, 5.41) is 7.26. The van der Waals surface area contributed by atoms with E-state index in [4.69, 9.17) is 4.42 Å². The van der Waals surface area contributed by atoms with Crippen LogP contribution in [-0.2, 0) is 13.1 Å². The Hall–Kier alpha value is -2.40. The van der Waals surface area contributed by atoms with E-state index >= 15 is 0 Å². The molecule has 23 heavy (non-hydrogen) atoms. The number of H-pyrrole nitrogens is 1. The van der Waals surface area contributed by atoms with Gasteiger partial charge >= 0.3 is 0 Å². The fourth-order valence-corrected chi connectivity index (χ4v) is 3.20. The van der Waals surface area contributed by atoms with Crippen LogP contribution in [0.5, 0.6) is 0 Å². The molecular formula is C18H20N4O. The normalized spacial score (nSPS) is 18.1. The monoisotopic (exact) mass is 308 g/mol. The molecule has 1 aromatic carbocycles. The zero-order chi connectivity index (χ0) is 15.8. The van der Waals surface area contributed by atoms with Crippen molar-refractivity contribution < 1.29 is 4.42 Å². The van der Waals surface area contributed by atoms with Gasteiger partial charge < -0.3 is 4.42 Å². The summed E-state index contributed by atoms with van der Waals surface area (Å²) >= 11 is 0. The first-order valence-corrected chi connectivity index (χ1v) is 7.95. The Bertz CT molecular complexity index is 803. The number of hydrogen-bond donors (Lipinski definition) is 1. The molecule has 0 saturated heterocycles. The number of nitrogens with one attached hydrogen (secondary N) is 1. The zero-order valence-corrected chi connectivity index (χ0v) is 13.4. The summed E-state index contributed by atoms with van der Waals surface area (Å²) in [5.41, 5.74) is 4.84. The standard InChI is InChI=1S/C18H20N4O/c1-12-3-5-14(6-4-12)16-8-19-17(23-16)11-22-9-13(2)18-15(10-22)7-20-21-18/h3-8,13H,9-11H2,1-2H3,(H,20,21). The lowest BCUT2D eigenvalue weighted by atomic mass is 9.99. The first-order chi connectivity index (χ1) is 11.2. The summed E-state index contributed by atoms with van der Waals surface area (Å²) in [5.74, 6) is 2.04. The summed E-state index contributed by atoms with van der Waals surface area (Å²) in [6.45, 7) is 6.89. The van der Waals surface area contributed by atoms with Crippen LogP contribution in [-0.4, -0.2) is 26.6 Å². The van der Waals surface area contributed by atoms with Gasteiger partial charge in [-0.3, -0.25) is 10.00 Å². The van der Waals surface area contributed by atoms with E-state index < -0.39 is 0 Å². The molecule has 1 aliphatic rings. The van der Waals surface area contributed by atoms with Gasteiger partial charge in [-0.15, -0.1) is 0 Å². The van der Waals surface area contributed by atoms with Crippen LogP contribution in [0, 0.1) is 6.92 Å². The van der Waals surface area contributed by atoms with E-state index in [-0.39, 0.29) is 0 Å². The van der Waals surface area contributed by atoms with E-state index in [0.717, 1.165) is 36.8 Å². The first-order valence-electron chi connectivity index (χ1n) is 7.95.